The molecule has 2 heterocycles. The predicted molar refractivity (Wildman–Crippen MR) is 110 cm³/mol. The summed E-state index contributed by atoms with van der Waals surface area (Å²) in [5.41, 5.74) is 2.63. The maximum Gasteiger partial charge on any atom is 0.390 e. The van der Waals surface area contributed by atoms with Gasteiger partial charge in [-0.05, 0) is 31.2 Å². The summed E-state index contributed by atoms with van der Waals surface area (Å²) in [6, 6.07) is 9.77. The van der Waals surface area contributed by atoms with Crippen LogP contribution in [-0.4, -0.2) is 56.3 Å². The van der Waals surface area contributed by atoms with Crippen LogP contribution in [0, 0.1) is 0 Å². The standard InChI is InChI=1S/C22H24F3N3O/c1-2-10-28-19-8-7-18(16-5-3-6-17(20(16)19)21(28)29)27-12-4-11-26(14-15-27)13-9-22(23,24)25/h2-3,5-8H,1,4,9-15H2. The van der Waals surface area contributed by atoms with Gasteiger partial charge >= 0.3 is 6.18 Å². The molecule has 2 aromatic rings. The van der Waals surface area contributed by atoms with E-state index >= 15 is 0 Å². The summed E-state index contributed by atoms with van der Waals surface area (Å²) in [7, 11) is 0. The monoisotopic (exact) mass is 403 g/mol. The molecule has 0 radical (unpaired) electrons. The quantitative estimate of drug-likeness (QED) is 0.690. The lowest BCUT2D eigenvalue weighted by Crippen LogP contribution is -2.33. The lowest BCUT2D eigenvalue weighted by molar-refractivity contribution is -0.137. The highest BCUT2D eigenvalue weighted by molar-refractivity contribution is 6.26. The van der Waals surface area contributed by atoms with Crippen LogP contribution in [0.4, 0.5) is 24.5 Å². The molecule has 0 atom stereocenters. The van der Waals surface area contributed by atoms with Crippen molar-refractivity contribution in [1.82, 2.24) is 4.90 Å². The van der Waals surface area contributed by atoms with Gasteiger partial charge in [0.1, 0.15) is 0 Å². The van der Waals surface area contributed by atoms with Crippen molar-refractivity contribution in [1.29, 1.82) is 0 Å². The van der Waals surface area contributed by atoms with Crippen molar-refractivity contribution in [2.24, 2.45) is 0 Å². The largest absolute Gasteiger partial charge is 0.390 e. The second kappa shape index (κ2) is 7.71. The first-order valence-corrected chi connectivity index (χ1v) is 9.91. The van der Waals surface area contributed by atoms with Crippen molar-refractivity contribution in [2.45, 2.75) is 19.0 Å². The molecule has 2 aliphatic rings. The Bertz CT molecular complexity index is 941. The average Bonchev–Trinajstić information content (AvgIpc) is 2.85. The van der Waals surface area contributed by atoms with E-state index in [1.165, 1.54) is 0 Å². The Kier molecular flexibility index (Phi) is 5.25. The normalized spacial score (nSPS) is 17.8. The van der Waals surface area contributed by atoms with Gasteiger partial charge in [0, 0.05) is 54.7 Å². The number of anilines is 2. The van der Waals surface area contributed by atoms with Crippen LogP contribution in [0.25, 0.3) is 10.8 Å². The number of halogens is 3. The van der Waals surface area contributed by atoms with E-state index in [-0.39, 0.29) is 12.5 Å². The minimum Gasteiger partial charge on any atom is -0.370 e. The molecule has 0 spiro atoms. The summed E-state index contributed by atoms with van der Waals surface area (Å²) in [5, 5.41) is 1.97. The van der Waals surface area contributed by atoms with Crippen LogP contribution in [0.15, 0.2) is 43.0 Å². The van der Waals surface area contributed by atoms with Crippen molar-refractivity contribution in [3.05, 3.63) is 48.6 Å². The van der Waals surface area contributed by atoms with Crippen LogP contribution in [0.3, 0.4) is 0 Å². The Labute approximate surface area is 168 Å². The van der Waals surface area contributed by atoms with Gasteiger partial charge in [-0.1, -0.05) is 18.2 Å². The Morgan fingerprint density at radius 3 is 2.59 bits per heavy atom. The molecular formula is C22H24F3N3O. The molecule has 0 unspecified atom stereocenters. The van der Waals surface area contributed by atoms with Gasteiger partial charge in [0.25, 0.3) is 5.91 Å². The smallest absolute Gasteiger partial charge is 0.370 e. The lowest BCUT2D eigenvalue weighted by atomic mass is 10.0. The molecule has 1 amide bonds. The summed E-state index contributed by atoms with van der Waals surface area (Å²) >= 11 is 0. The Morgan fingerprint density at radius 1 is 1.03 bits per heavy atom. The van der Waals surface area contributed by atoms with E-state index in [0.717, 1.165) is 35.1 Å². The molecule has 2 aliphatic heterocycles. The van der Waals surface area contributed by atoms with Crippen LogP contribution in [0.2, 0.25) is 0 Å². The topological polar surface area (TPSA) is 26.8 Å². The van der Waals surface area contributed by atoms with Gasteiger partial charge in [-0.2, -0.15) is 13.2 Å². The zero-order valence-electron chi connectivity index (χ0n) is 16.2. The van der Waals surface area contributed by atoms with Gasteiger partial charge in [0.05, 0.1) is 12.1 Å². The molecule has 1 fully saturated rings. The van der Waals surface area contributed by atoms with Gasteiger partial charge in [-0.15, -0.1) is 6.58 Å². The van der Waals surface area contributed by atoms with Crippen molar-refractivity contribution >= 4 is 28.1 Å². The van der Waals surface area contributed by atoms with E-state index in [9.17, 15) is 18.0 Å². The van der Waals surface area contributed by atoms with Crippen molar-refractivity contribution < 1.29 is 18.0 Å². The number of amides is 1. The highest BCUT2D eigenvalue weighted by atomic mass is 19.4. The van der Waals surface area contributed by atoms with Crippen LogP contribution < -0.4 is 9.80 Å². The highest BCUT2D eigenvalue weighted by Gasteiger charge is 2.31. The number of hydrogen-bond acceptors (Lipinski definition) is 3. The molecule has 0 N–H and O–H groups in total. The van der Waals surface area contributed by atoms with Crippen LogP contribution >= 0.6 is 0 Å². The van der Waals surface area contributed by atoms with Crippen LogP contribution in [0.1, 0.15) is 23.2 Å². The van der Waals surface area contributed by atoms with E-state index in [1.807, 2.05) is 35.2 Å². The number of rotatable bonds is 5. The van der Waals surface area contributed by atoms with Gasteiger partial charge < -0.3 is 14.7 Å². The van der Waals surface area contributed by atoms with Crippen molar-refractivity contribution in [3.8, 4) is 0 Å². The molecule has 0 aromatic heterocycles. The molecular weight excluding hydrogens is 379 g/mol. The number of benzene rings is 2. The zero-order valence-corrected chi connectivity index (χ0v) is 16.2. The van der Waals surface area contributed by atoms with E-state index in [1.54, 1.807) is 11.0 Å². The molecule has 7 heteroatoms. The van der Waals surface area contributed by atoms with E-state index in [2.05, 4.69) is 11.5 Å². The lowest BCUT2D eigenvalue weighted by Gasteiger charge is -2.26. The number of hydrogen-bond donors (Lipinski definition) is 0. The first kappa shape index (κ1) is 19.8. The molecule has 4 rings (SSSR count). The Hall–Kier alpha value is -2.54. The first-order chi connectivity index (χ1) is 13.9. The summed E-state index contributed by atoms with van der Waals surface area (Å²) in [4.78, 5) is 18.6. The number of alkyl halides is 3. The second-order valence-corrected chi connectivity index (χ2v) is 7.58. The summed E-state index contributed by atoms with van der Waals surface area (Å²) in [5.74, 6) is -0.0168. The van der Waals surface area contributed by atoms with Crippen molar-refractivity contribution in [3.63, 3.8) is 0 Å². The zero-order chi connectivity index (χ0) is 20.6. The average molecular weight is 403 g/mol. The fourth-order valence-corrected chi connectivity index (χ4v) is 4.34. The van der Waals surface area contributed by atoms with Crippen LogP contribution in [-0.2, 0) is 0 Å². The van der Waals surface area contributed by atoms with Gasteiger partial charge in [-0.25, -0.2) is 0 Å². The third kappa shape index (κ3) is 3.83. The maximum atomic E-state index is 12.8. The third-order valence-electron chi connectivity index (χ3n) is 5.71. The van der Waals surface area contributed by atoms with E-state index in [4.69, 9.17) is 0 Å². The molecule has 1 saturated heterocycles. The van der Waals surface area contributed by atoms with E-state index in [0.29, 0.717) is 31.7 Å². The number of carbonyl (C=O) groups excluding carboxylic acids is 1. The van der Waals surface area contributed by atoms with Gasteiger partial charge in [0.2, 0.25) is 0 Å². The van der Waals surface area contributed by atoms with Crippen LogP contribution in [0.5, 0.6) is 0 Å². The Morgan fingerprint density at radius 2 is 1.83 bits per heavy atom. The second-order valence-electron chi connectivity index (χ2n) is 7.58. The fourth-order valence-electron chi connectivity index (χ4n) is 4.34. The molecule has 0 bridgehead atoms. The van der Waals surface area contributed by atoms with Gasteiger partial charge in [-0.3, -0.25) is 4.79 Å². The fraction of sp³-hybridized carbons (Fsp3) is 0.409. The summed E-state index contributed by atoms with van der Waals surface area (Å²) in [6.45, 7) is 6.97. The number of nitrogens with zero attached hydrogens (tertiary/aromatic N) is 3. The molecule has 154 valence electrons. The number of carbonyl (C=O) groups is 1. The first-order valence-electron chi connectivity index (χ1n) is 9.91. The van der Waals surface area contributed by atoms with Crippen molar-refractivity contribution in [2.75, 3.05) is 49.1 Å². The molecule has 0 saturated carbocycles. The minimum atomic E-state index is -4.12. The van der Waals surface area contributed by atoms with Gasteiger partial charge in [0.15, 0.2) is 0 Å². The predicted octanol–water partition coefficient (Wildman–Crippen LogP) is 4.45. The molecule has 29 heavy (non-hydrogen) atoms. The summed E-state index contributed by atoms with van der Waals surface area (Å²) in [6.07, 6.45) is -2.36. The molecule has 2 aromatic carbocycles. The Balaban J connectivity index is 1.60. The highest BCUT2D eigenvalue weighted by Crippen LogP contribution is 2.41. The SMILES string of the molecule is C=CCN1C(=O)c2cccc3c(N4CCCN(CCC(F)(F)F)CC4)ccc1c23. The molecule has 4 nitrogen and oxygen atoms in total. The third-order valence-corrected chi connectivity index (χ3v) is 5.71. The maximum absolute atomic E-state index is 12.8. The molecule has 0 aliphatic carbocycles. The summed E-state index contributed by atoms with van der Waals surface area (Å²) < 4.78 is 37.7. The van der Waals surface area contributed by atoms with E-state index < -0.39 is 12.6 Å². The minimum absolute atomic E-state index is 0.0168.